The van der Waals surface area contributed by atoms with Gasteiger partial charge in [0.25, 0.3) is 0 Å². The Labute approximate surface area is 112 Å². The van der Waals surface area contributed by atoms with Crippen molar-refractivity contribution in [1.82, 2.24) is 9.21 Å². The summed E-state index contributed by atoms with van der Waals surface area (Å²) in [6, 6.07) is 0. The first-order chi connectivity index (χ1) is 8.71. The van der Waals surface area contributed by atoms with E-state index in [9.17, 15) is 18.0 Å². The lowest BCUT2D eigenvalue weighted by Gasteiger charge is -2.33. The zero-order valence-corrected chi connectivity index (χ0v) is 11.7. The molecule has 1 heterocycles. The number of sulfonamides is 1. The smallest absolute Gasteiger partial charge is 0.332 e. The molecule has 8 nitrogen and oxygen atoms in total. The molecular weight excluding hydrogens is 276 g/mol. The van der Waals surface area contributed by atoms with Crippen molar-refractivity contribution in [3.05, 3.63) is 0 Å². The van der Waals surface area contributed by atoms with Crippen molar-refractivity contribution in [2.45, 2.75) is 13.0 Å². The number of aliphatic carboxylic acids is 1. The van der Waals surface area contributed by atoms with E-state index in [4.69, 9.17) is 9.84 Å². The average Bonchev–Trinajstić information content (AvgIpc) is 2.34. The summed E-state index contributed by atoms with van der Waals surface area (Å²) in [5, 5.41) is 8.61. The Morgan fingerprint density at radius 2 is 1.79 bits per heavy atom. The second-order valence-corrected chi connectivity index (χ2v) is 6.32. The predicted octanol–water partition coefficient (Wildman–Crippen LogP) is -1.42. The van der Waals surface area contributed by atoms with E-state index in [0.717, 1.165) is 6.26 Å². The van der Waals surface area contributed by atoms with Crippen molar-refractivity contribution < 1.29 is 27.9 Å². The van der Waals surface area contributed by atoms with Gasteiger partial charge in [-0.1, -0.05) is 0 Å². The molecule has 0 saturated carbocycles. The van der Waals surface area contributed by atoms with Crippen LogP contribution in [-0.4, -0.2) is 79.8 Å². The van der Waals surface area contributed by atoms with Crippen molar-refractivity contribution in [3.63, 3.8) is 0 Å². The fraction of sp³-hybridized carbons (Fsp3) is 0.800. The third-order valence-electron chi connectivity index (χ3n) is 2.86. The zero-order valence-electron chi connectivity index (χ0n) is 10.9. The molecule has 0 aromatic heterocycles. The Kier molecular flexibility index (Phi) is 5.27. The molecule has 0 aromatic rings. The van der Waals surface area contributed by atoms with Gasteiger partial charge in [-0.2, -0.15) is 4.31 Å². The molecule has 110 valence electrons. The molecule has 1 N–H and O–H groups in total. The van der Waals surface area contributed by atoms with Gasteiger partial charge >= 0.3 is 5.97 Å². The summed E-state index contributed by atoms with van der Waals surface area (Å²) >= 11 is 0. The van der Waals surface area contributed by atoms with E-state index in [1.165, 1.54) is 16.1 Å². The molecule has 9 heteroatoms. The molecule has 0 bridgehead atoms. The quantitative estimate of drug-likeness (QED) is 0.667. The number of hydrogen-bond donors (Lipinski definition) is 1. The predicted molar refractivity (Wildman–Crippen MR) is 66.0 cm³/mol. The van der Waals surface area contributed by atoms with E-state index in [2.05, 4.69) is 0 Å². The number of amides is 1. The van der Waals surface area contributed by atoms with Crippen molar-refractivity contribution >= 4 is 21.9 Å². The highest BCUT2D eigenvalue weighted by molar-refractivity contribution is 7.88. The highest BCUT2D eigenvalue weighted by Crippen LogP contribution is 2.06. The molecule has 0 radical (unpaired) electrons. The molecular formula is C10H18N2O6S. The van der Waals surface area contributed by atoms with Gasteiger partial charge in [0.05, 0.1) is 6.26 Å². The van der Waals surface area contributed by atoms with E-state index >= 15 is 0 Å². The summed E-state index contributed by atoms with van der Waals surface area (Å²) in [5.41, 5.74) is 0. The van der Waals surface area contributed by atoms with Gasteiger partial charge in [-0.25, -0.2) is 13.2 Å². The van der Waals surface area contributed by atoms with E-state index in [1.54, 1.807) is 0 Å². The fourth-order valence-electron chi connectivity index (χ4n) is 1.63. The molecule has 1 saturated heterocycles. The zero-order chi connectivity index (χ0) is 14.6. The van der Waals surface area contributed by atoms with E-state index in [1.807, 2.05) is 0 Å². The third kappa shape index (κ3) is 4.77. The molecule has 1 atom stereocenters. The number of piperazine rings is 1. The molecule has 0 spiro atoms. The van der Waals surface area contributed by atoms with Gasteiger partial charge in [0.15, 0.2) is 6.10 Å². The second-order valence-electron chi connectivity index (χ2n) is 4.33. The van der Waals surface area contributed by atoms with Gasteiger partial charge in [0.1, 0.15) is 6.61 Å². The number of carbonyl (C=O) groups is 2. The van der Waals surface area contributed by atoms with Crippen LogP contribution in [0.5, 0.6) is 0 Å². The molecule has 0 unspecified atom stereocenters. The van der Waals surface area contributed by atoms with Crippen LogP contribution in [0.2, 0.25) is 0 Å². The summed E-state index contributed by atoms with van der Waals surface area (Å²) < 4.78 is 28.8. The van der Waals surface area contributed by atoms with E-state index in [0.29, 0.717) is 0 Å². The standard InChI is InChI=1S/C10H18N2O6S/c1-8(10(14)15)18-7-9(13)11-3-5-12(6-4-11)19(2,16)17/h8H,3-7H2,1-2H3,(H,14,15)/t8-/m0/s1. The largest absolute Gasteiger partial charge is 0.479 e. The molecule has 0 aromatic carbocycles. The number of carboxylic acids is 1. The van der Waals surface area contributed by atoms with Crippen molar-refractivity contribution in [3.8, 4) is 0 Å². The molecule has 19 heavy (non-hydrogen) atoms. The molecule has 1 amide bonds. The topological polar surface area (TPSA) is 104 Å². The lowest BCUT2D eigenvalue weighted by atomic mass is 10.3. The SMILES string of the molecule is C[C@H](OCC(=O)N1CCN(S(C)(=O)=O)CC1)C(=O)O. The van der Waals surface area contributed by atoms with Crippen LogP contribution >= 0.6 is 0 Å². The number of nitrogens with zero attached hydrogens (tertiary/aromatic N) is 2. The van der Waals surface area contributed by atoms with Gasteiger partial charge in [-0.05, 0) is 6.92 Å². The highest BCUT2D eigenvalue weighted by atomic mass is 32.2. The molecule has 1 aliphatic heterocycles. The summed E-state index contributed by atoms with van der Waals surface area (Å²) in [6.07, 6.45) is 0.0866. The molecule has 1 aliphatic rings. The van der Waals surface area contributed by atoms with Gasteiger partial charge in [0.2, 0.25) is 15.9 Å². The highest BCUT2D eigenvalue weighted by Gasteiger charge is 2.26. The average molecular weight is 294 g/mol. The summed E-state index contributed by atoms with van der Waals surface area (Å²) in [7, 11) is -3.23. The summed E-state index contributed by atoms with van der Waals surface area (Å²) in [4.78, 5) is 23.7. The summed E-state index contributed by atoms with van der Waals surface area (Å²) in [6.45, 7) is 2.11. The Balaban J connectivity index is 2.39. The van der Waals surface area contributed by atoms with Crippen LogP contribution in [0.3, 0.4) is 0 Å². The minimum Gasteiger partial charge on any atom is -0.479 e. The summed E-state index contributed by atoms with van der Waals surface area (Å²) in [5.74, 6) is -1.46. The maximum absolute atomic E-state index is 11.7. The maximum atomic E-state index is 11.7. The van der Waals surface area contributed by atoms with Crippen LogP contribution in [0, 0.1) is 0 Å². The monoisotopic (exact) mass is 294 g/mol. The first-order valence-electron chi connectivity index (χ1n) is 5.79. The Morgan fingerprint density at radius 3 is 2.21 bits per heavy atom. The van der Waals surface area contributed by atoms with Crippen LogP contribution in [0.25, 0.3) is 0 Å². The van der Waals surface area contributed by atoms with Gasteiger partial charge in [-0.15, -0.1) is 0 Å². The normalized spacial score (nSPS) is 19.2. The van der Waals surface area contributed by atoms with Crippen molar-refractivity contribution in [2.24, 2.45) is 0 Å². The second kappa shape index (κ2) is 6.31. The first-order valence-corrected chi connectivity index (χ1v) is 7.64. The third-order valence-corrected chi connectivity index (χ3v) is 4.17. The van der Waals surface area contributed by atoms with Crippen LogP contribution in [-0.2, 0) is 24.3 Å². The van der Waals surface area contributed by atoms with Gasteiger partial charge in [-0.3, -0.25) is 4.79 Å². The van der Waals surface area contributed by atoms with E-state index in [-0.39, 0.29) is 38.7 Å². The van der Waals surface area contributed by atoms with Crippen LogP contribution in [0.4, 0.5) is 0 Å². The maximum Gasteiger partial charge on any atom is 0.332 e. The van der Waals surface area contributed by atoms with Crippen LogP contribution in [0.1, 0.15) is 6.92 Å². The minimum absolute atomic E-state index is 0.249. The van der Waals surface area contributed by atoms with Crippen LogP contribution < -0.4 is 0 Å². The molecule has 1 fully saturated rings. The molecule has 1 rings (SSSR count). The fourth-order valence-corrected chi connectivity index (χ4v) is 2.45. The van der Waals surface area contributed by atoms with Gasteiger partial charge in [0, 0.05) is 26.2 Å². The lowest BCUT2D eigenvalue weighted by Crippen LogP contribution is -2.51. The number of carbonyl (C=O) groups excluding carboxylic acids is 1. The first kappa shape index (κ1) is 15.9. The number of hydrogen-bond acceptors (Lipinski definition) is 5. The Morgan fingerprint density at radius 1 is 1.26 bits per heavy atom. The van der Waals surface area contributed by atoms with E-state index < -0.39 is 22.1 Å². The minimum atomic E-state index is -3.23. The molecule has 0 aliphatic carbocycles. The van der Waals surface area contributed by atoms with Crippen LogP contribution in [0.15, 0.2) is 0 Å². The number of ether oxygens (including phenoxy) is 1. The number of rotatable bonds is 5. The number of carboxylic acid groups (broad SMARTS) is 1. The lowest BCUT2D eigenvalue weighted by molar-refractivity contribution is -0.153. The van der Waals surface area contributed by atoms with Crippen molar-refractivity contribution in [1.29, 1.82) is 0 Å². The van der Waals surface area contributed by atoms with Crippen molar-refractivity contribution in [2.75, 3.05) is 39.0 Å². The van der Waals surface area contributed by atoms with Gasteiger partial charge < -0.3 is 14.7 Å². The Bertz CT molecular complexity index is 441. The Hall–Kier alpha value is -1.19.